The lowest BCUT2D eigenvalue weighted by Crippen LogP contribution is -2.46. The van der Waals surface area contributed by atoms with Gasteiger partial charge in [0.05, 0.1) is 17.9 Å². The van der Waals surface area contributed by atoms with E-state index in [1.807, 2.05) is 13.8 Å². The van der Waals surface area contributed by atoms with Crippen molar-refractivity contribution in [3.05, 3.63) is 24.0 Å². The van der Waals surface area contributed by atoms with Crippen molar-refractivity contribution in [2.45, 2.75) is 32.5 Å². The Morgan fingerprint density at radius 1 is 1.43 bits per heavy atom. The zero-order valence-corrected chi connectivity index (χ0v) is 12.4. The van der Waals surface area contributed by atoms with Gasteiger partial charge in [-0.05, 0) is 32.0 Å². The Morgan fingerprint density at radius 2 is 2.10 bits per heavy atom. The molecular formula is C15H22FN3O2. The number of ether oxygens (including phenoxy) is 1. The summed E-state index contributed by atoms with van der Waals surface area (Å²) in [4.78, 5) is 14.1. The van der Waals surface area contributed by atoms with E-state index in [0.717, 1.165) is 13.1 Å². The SMILES string of the molecule is C[C@@H]1CN(CCC(=O)Nc2ccc(F)c(N)c2)C[C@H](C)O1. The van der Waals surface area contributed by atoms with Gasteiger partial charge in [0, 0.05) is 31.7 Å². The van der Waals surface area contributed by atoms with E-state index in [-0.39, 0.29) is 23.8 Å². The smallest absolute Gasteiger partial charge is 0.225 e. The molecule has 1 saturated heterocycles. The molecule has 1 fully saturated rings. The van der Waals surface area contributed by atoms with Crippen LogP contribution in [-0.4, -0.2) is 42.6 Å². The number of amides is 1. The fourth-order valence-corrected chi connectivity index (χ4v) is 2.57. The molecule has 1 aliphatic rings. The molecule has 2 atom stereocenters. The van der Waals surface area contributed by atoms with Gasteiger partial charge in [0.25, 0.3) is 0 Å². The van der Waals surface area contributed by atoms with Crippen LogP contribution in [0.3, 0.4) is 0 Å². The summed E-state index contributed by atoms with van der Waals surface area (Å²) in [6.45, 7) is 6.41. The number of nitrogens with two attached hydrogens (primary N) is 1. The normalized spacial score (nSPS) is 23.0. The quantitative estimate of drug-likeness (QED) is 0.832. The summed E-state index contributed by atoms with van der Waals surface area (Å²) >= 11 is 0. The van der Waals surface area contributed by atoms with Crippen LogP contribution in [-0.2, 0) is 9.53 Å². The van der Waals surface area contributed by atoms with Crippen LogP contribution >= 0.6 is 0 Å². The van der Waals surface area contributed by atoms with Crippen molar-refractivity contribution in [1.29, 1.82) is 0 Å². The zero-order valence-electron chi connectivity index (χ0n) is 12.4. The summed E-state index contributed by atoms with van der Waals surface area (Å²) in [7, 11) is 0. The van der Waals surface area contributed by atoms with Gasteiger partial charge in [-0.3, -0.25) is 9.69 Å². The van der Waals surface area contributed by atoms with Gasteiger partial charge >= 0.3 is 0 Å². The molecule has 21 heavy (non-hydrogen) atoms. The summed E-state index contributed by atoms with van der Waals surface area (Å²) in [6.07, 6.45) is 0.763. The molecule has 0 saturated carbocycles. The van der Waals surface area contributed by atoms with Crippen LogP contribution in [0.1, 0.15) is 20.3 Å². The largest absolute Gasteiger partial charge is 0.396 e. The summed E-state index contributed by atoms with van der Waals surface area (Å²) in [5, 5.41) is 2.73. The van der Waals surface area contributed by atoms with E-state index in [4.69, 9.17) is 10.5 Å². The lowest BCUT2D eigenvalue weighted by molar-refractivity contribution is -0.117. The highest BCUT2D eigenvalue weighted by Gasteiger charge is 2.22. The molecule has 1 aromatic rings. The van der Waals surface area contributed by atoms with Crippen LogP contribution in [0.5, 0.6) is 0 Å². The van der Waals surface area contributed by atoms with Gasteiger partial charge < -0.3 is 15.8 Å². The van der Waals surface area contributed by atoms with Crippen LogP contribution in [0, 0.1) is 5.82 Å². The van der Waals surface area contributed by atoms with Gasteiger partial charge in [-0.1, -0.05) is 0 Å². The number of nitrogens with zero attached hydrogens (tertiary/aromatic N) is 1. The van der Waals surface area contributed by atoms with Crippen molar-refractivity contribution < 1.29 is 13.9 Å². The first-order valence-corrected chi connectivity index (χ1v) is 7.16. The molecule has 1 aromatic carbocycles. The highest BCUT2D eigenvalue weighted by Crippen LogP contribution is 2.16. The van der Waals surface area contributed by atoms with Crippen molar-refractivity contribution in [3.8, 4) is 0 Å². The van der Waals surface area contributed by atoms with E-state index in [0.29, 0.717) is 18.7 Å². The third-order valence-electron chi connectivity index (χ3n) is 3.43. The van der Waals surface area contributed by atoms with Gasteiger partial charge in [-0.15, -0.1) is 0 Å². The van der Waals surface area contributed by atoms with E-state index in [9.17, 15) is 9.18 Å². The molecule has 1 amide bonds. The minimum atomic E-state index is -0.482. The van der Waals surface area contributed by atoms with Crippen molar-refractivity contribution in [2.75, 3.05) is 30.7 Å². The van der Waals surface area contributed by atoms with E-state index in [2.05, 4.69) is 10.2 Å². The molecule has 116 valence electrons. The van der Waals surface area contributed by atoms with Crippen molar-refractivity contribution >= 4 is 17.3 Å². The second kappa shape index (κ2) is 6.87. The highest BCUT2D eigenvalue weighted by atomic mass is 19.1. The maximum Gasteiger partial charge on any atom is 0.225 e. The fourth-order valence-electron chi connectivity index (χ4n) is 2.57. The number of hydrogen-bond donors (Lipinski definition) is 2. The van der Waals surface area contributed by atoms with Crippen LogP contribution < -0.4 is 11.1 Å². The third kappa shape index (κ3) is 4.68. The van der Waals surface area contributed by atoms with Gasteiger partial charge in [0.1, 0.15) is 5.82 Å². The second-order valence-electron chi connectivity index (χ2n) is 5.55. The van der Waals surface area contributed by atoms with E-state index in [1.54, 1.807) is 0 Å². The van der Waals surface area contributed by atoms with Crippen LogP contribution in [0.15, 0.2) is 18.2 Å². The predicted molar refractivity (Wildman–Crippen MR) is 80.5 cm³/mol. The Bertz CT molecular complexity index is 500. The number of nitrogen functional groups attached to an aromatic ring is 1. The third-order valence-corrected chi connectivity index (χ3v) is 3.43. The maximum absolute atomic E-state index is 13.0. The van der Waals surface area contributed by atoms with Crippen molar-refractivity contribution in [1.82, 2.24) is 4.90 Å². The van der Waals surface area contributed by atoms with Crippen molar-refractivity contribution in [3.63, 3.8) is 0 Å². The molecule has 0 aliphatic carbocycles. The topological polar surface area (TPSA) is 67.6 Å². The van der Waals surface area contributed by atoms with Gasteiger partial charge in [0.2, 0.25) is 5.91 Å². The molecule has 1 aliphatic heterocycles. The summed E-state index contributed by atoms with van der Waals surface area (Å²) in [5.74, 6) is -0.586. The first-order valence-electron chi connectivity index (χ1n) is 7.16. The lowest BCUT2D eigenvalue weighted by atomic mass is 10.2. The number of anilines is 2. The number of carbonyl (C=O) groups is 1. The Labute approximate surface area is 124 Å². The molecule has 0 bridgehead atoms. The van der Waals surface area contributed by atoms with E-state index >= 15 is 0 Å². The Kier molecular flexibility index (Phi) is 5.14. The minimum Gasteiger partial charge on any atom is -0.396 e. The minimum absolute atomic E-state index is 0.0311. The number of nitrogens with one attached hydrogen (secondary N) is 1. The monoisotopic (exact) mass is 295 g/mol. The second-order valence-corrected chi connectivity index (χ2v) is 5.55. The first-order chi connectivity index (χ1) is 9.94. The van der Waals surface area contributed by atoms with Crippen LogP contribution in [0.2, 0.25) is 0 Å². The number of rotatable bonds is 4. The molecule has 0 spiro atoms. The summed E-state index contributed by atoms with van der Waals surface area (Å²) < 4.78 is 18.7. The molecule has 2 rings (SSSR count). The number of halogens is 1. The molecule has 1 heterocycles. The maximum atomic E-state index is 13.0. The zero-order chi connectivity index (χ0) is 15.4. The molecule has 3 N–H and O–H groups in total. The van der Waals surface area contributed by atoms with Crippen LogP contribution in [0.25, 0.3) is 0 Å². The Hall–Kier alpha value is -1.66. The Balaban J connectivity index is 1.80. The molecule has 0 unspecified atom stereocenters. The average molecular weight is 295 g/mol. The number of morpholine rings is 1. The average Bonchev–Trinajstić information content (AvgIpc) is 2.40. The molecule has 6 heteroatoms. The van der Waals surface area contributed by atoms with Gasteiger partial charge in [0.15, 0.2) is 0 Å². The summed E-state index contributed by atoms with van der Waals surface area (Å²) in [5.41, 5.74) is 6.02. The fraction of sp³-hybridized carbons (Fsp3) is 0.533. The van der Waals surface area contributed by atoms with E-state index < -0.39 is 5.82 Å². The number of hydrogen-bond acceptors (Lipinski definition) is 4. The van der Waals surface area contributed by atoms with Gasteiger partial charge in [-0.25, -0.2) is 4.39 Å². The van der Waals surface area contributed by atoms with Crippen molar-refractivity contribution in [2.24, 2.45) is 0 Å². The standard InChI is InChI=1S/C15H22FN3O2/c1-10-8-19(9-11(2)21-10)6-5-15(20)18-12-3-4-13(16)14(17)7-12/h3-4,7,10-11H,5-6,8-9,17H2,1-2H3,(H,18,20)/t10-,11+. The Morgan fingerprint density at radius 3 is 2.71 bits per heavy atom. The predicted octanol–water partition coefficient (Wildman–Crippen LogP) is 1.85. The lowest BCUT2D eigenvalue weighted by Gasteiger charge is -2.35. The van der Waals surface area contributed by atoms with Gasteiger partial charge in [-0.2, -0.15) is 0 Å². The van der Waals surface area contributed by atoms with E-state index in [1.165, 1.54) is 18.2 Å². The molecular weight excluding hydrogens is 273 g/mol. The molecule has 0 radical (unpaired) electrons. The van der Waals surface area contributed by atoms with Crippen LogP contribution in [0.4, 0.5) is 15.8 Å². The number of benzene rings is 1. The number of carbonyl (C=O) groups excluding carboxylic acids is 1. The molecule has 5 nitrogen and oxygen atoms in total. The molecule has 0 aromatic heterocycles. The highest BCUT2D eigenvalue weighted by molar-refractivity contribution is 5.91. The first kappa shape index (κ1) is 15.7. The summed E-state index contributed by atoms with van der Waals surface area (Å²) in [6, 6.07) is 4.17.